The van der Waals surface area contributed by atoms with Crippen molar-refractivity contribution in [2.75, 3.05) is 5.32 Å². The van der Waals surface area contributed by atoms with E-state index in [0.29, 0.717) is 10.2 Å². The molecule has 0 aliphatic carbocycles. The number of rotatable bonds is 5. The summed E-state index contributed by atoms with van der Waals surface area (Å²) in [7, 11) is 0. The van der Waals surface area contributed by atoms with Crippen LogP contribution in [-0.2, 0) is 0 Å². The first-order chi connectivity index (χ1) is 13.4. The maximum absolute atomic E-state index is 12.6. The number of hydrogen-bond donors (Lipinski definition) is 2. The van der Waals surface area contributed by atoms with Crippen molar-refractivity contribution in [3.63, 3.8) is 0 Å². The summed E-state index contributed by atoms with van der Waals surface area (Å²) in [6, 6.07) is 12.2. The van der Waals surface area contributed by atoms with Crippen LogP contribution in [0, 0.1) is 13.8 Å². The lowest BCUT2D eigenvalue weighted by Crippen LogP contribution is -2.21. The molecule has 0 atom stereocenters. The summed E-state index contributed by atoms with van der Waals surface area (Å²) in [5.41, 5.74) is 6.25. The summed E-state index contributed by atoms with van der Waals surface area (Å²) in [6.45, 7) is 4.04. The number of aromatic nitrogens is 1. The third-order valence-corrected chi connectivity index (χ3v) is 4.54. The number of hydrogen-bond acceptors (Lipinski definition) is 5. The fraction of sp³-hybridized carbons (Fsp3) is 0.100. The monoisotopic (exact) mass is 440 g/mol. The lowest BCUT2D eigenvalue weighted by Gasteiger charge is -2.09. The van der Waals surface area contributed by atoms with Crippen molar-refractivity contribution in [3.8, 4) is 0 Å². The van der Waals surface area contributed by atoms with Crippen LogP contribution in [0.15, 0.2) is 62.8 Å². The number of carbonyl (C=O) groups is 2. The Bertz CT molecular complexity index is 1050. The smallest absolute Gasteiger partial charge is 0.294 e. The second kappa shape index (κ2) is 8.62. The number of hydrazone groups is 1. The number of carbonyl (C=O) groups excluding carboxylic acids is 2. The van der Waals surface area contributed by atoms with Gasteiger partial charge in [-0.25, -0.2) is 5.43 Å². The third kappa shape index (κ3) is 4.72. The van der Waals surface area contributed by atoms with Gasteiger partial charge in [-0.1, -0.05) is 39.3 Å². The van der Waals surface area contributed by atoms with E-state index in [0.717, 1.165) is 11.1 Å². The van der Waals surface area contributed by atoms with E-state index < -0.39 is 11.8 Å². The molecule has 1 heterocycles. The molecule has 0 spiro atoms. The predicted molar refractivity (Wildman–Crippen MR) is 110 cm³/mol. The Morgan fingerprint density at radius 2 is 1.89 bits per heavy atom. The molecule has 0 unspecified atom stereocenters. The fourth-order valence-electron chi connectivity index (χ4n) is 2.40. The van der Waals surface area contributed by atoms with Gasteiger partial charge in [-0.15, -0.1) is 0 Å². The van der Waals surface area contributed by atoms with Gasteiger partial charge < -0.3 is 9.84 Å². The number of nitrogens with one attached hydrogen (secondary N) is 2. The molecule has 0 radical (unpaired) electrons. The lowest BCUT2D eigenvalue weighted by molar-refractivity contribution is 0.0956. The van der Waals surface area contributed by atoms with Gasteiger partial charge in [-0.2, -0.15) is 5.10 Å². The van der Waals surface area contributed by atoms with E-state index in [4.69, 9.17) is 4.52 Å². The number of benzene rings is 2. The zero-order chi connectivity index (χ0) is 20.1. The highest BCUT2D eigenvalue weighted by atomic mass is 79.9. The molecular weight excluding hydrogens is 424 g/mol. The summed E-state index contributed by atoms with van der Waals surface area (Å²) < 4.78 is 5.52. The summed E-state index contributed by atoms with van der Waals surface area (Å²) in [4.78, 5) is 24.7. The summed E-state index contributed by atoms with van der Waals surface area (Å²) in [5.74, 6) is -0.927. The van der Waals surface area contributed by atoms with Crippen LogP contribution in [0.5, 0.6) is 0 Å². The van der Waals surface area contributed by atoms with Gasteiger partial charge in [-0.05, 0) is 48.7 Å². The summed E-state index contributed by atoms with van der Waals surface area (Å²) in [6.07, 6.45) is 2.93. The molecule has 2 aromatic carbocycles. The second-order valence-corrected chi connectivity index (χ2v) is 6.98. The molecule has 142 valence electrons. The van der Waals surface area contributed by atoms with Crippen molar-refractivity contribution in [1.82, 2.24) is 10.6 Å². The molecule has 3 rings (SSSR count). The maximum Gasteiger partial charge on any atom is 0.294 e. The van der Waals surface area contributed by atoms with Crippen molar-refractivity contribution in [2.24, 2.45) is 5.10 Å². The highest BCUT2D eigenvalue weighted by Gasteiger charge is 2.16. The Morgan fingerprint density at radius 3 is 2.61 bits per heavy atom. The van der Waals surface area contributed by atoms with E-state index in [1.165, 1.54) is 17.8 Å². The van der Waals surface area contributed by atoms with E-state index in [1.807, 2.05) is 32.0 Å². The number of nitrogens with zero attached hydrogens (tertiary/aromatic N) is 2. The van der Waals surface area contributed by atoms with Crippen LogP contribution in [0.4, 0.5) is 5.69 Å². The van der Waals surface area contributed by atoms with Crippen LogP contribution >= 0.6 is 15.9 Å². The molecule has 7 nitrogen and oxygen atoms in total. The highest BCUT2D eigenvalue weighted by Crippen LogP contribution is 2.22. The van der Waals surface area contributed by atoms with Crippen molar-refractivity contribution in [1.29, 1.82) is 0 Å². The molecule has 8 heteroatoms. The Morgan fingerprint density at radius 1 is 1.07 bits per heavy atom. The van der Waals surface area contributed by atoms with Crippen LogP contribution in [0.2, 0.25) is 0 Å². The van der Waals surface area contributed by atoms with Crippen LogP contribution in [0.1, 0.15) is 37.6 Å². The van der Waals surface area contributed by atoms with E-state index in [1.54, 1.807) is 24.4 Å². The van der Waals surface area contributed by atoms with Gasteiger partial charge >= 0.3 is 0 Å². The molecule has 0 fully saturated rings. The van der Waals surface area contributed by atoms with Crippen LogP contribution in [0.25, 0.3) is 0 Å². The molecule has 2 N–H and O–H groups in total. The van der Waals surface area contributed by atoms with Gasteiger partial charge in [0.2, 0.25) is 5.76 Å². The molecule has 0 aliphatic rings. The molecule has 3 aromatic rings. The molecule has 0 saturated heterocycles. The van der Waals surface area contributed by atoms with Crippen molar-refractivity contribution in [3.05, 3.63) is 81.1 Å². The van der Waals surface area contributed by atoms with E-state index in [-0.39, 0.29) is 11.3 Å². The minimum atomic E-state index is -0.507. The molecule has 1 aromatic heterocycles. The Balaban J connectivity index is 1.75. The lowest BCUT2D eigenvalue weighted by atomic mass is 10.1. The van der Waals surface area contributed by atoms with E-state index in [9.17, 15) is 9.59 Å². The normalized spacial score (nSPS) is 10.8. The predicted octanol–water partition coefficient (Wildman–Crippen LogP) is 4.07. The molecule has 0 saturated carbocycles. The fourth-order valence-corrected chi connectivity index (χ4v) is 2.76. The standard InChI is InChI=1S/C20H17BrN4O3/c1-12-3-4-14(9-13(12)2)11-22-25-19(26)16-10-15(21)5-6-17(16)24-20(27)18-7-8-23-28-18/h3-11H,1-2H3,(H,24,27)(H,25,26)/b22-11+. The van der Waals surface area contributed by atoms with Gasteiger partial charge in [0, 0.05) is 10.5 Å². The number of aryl methyl sites for hydroxylation is 2. The minimum absolute atomic E-state index is 0.0436. The topological polar surface area (TPSA) is 96.6 Å². The summed E-state index contributed by atoms with van der Waals surface area (Å²) in [5, 5.41) is 10.1. The Hall–Kier alpha value is -3.26. The minimum Gasteiger partial charge on any atom is -0.351 e. The highest BCUT2D eigenvalue weighted by molar-refractivity contribution is 9.10. The molecular formula is C20H17BrN4O3. The zero-order valence-corrected chi connectivity index (χ0v) is 16.8. The number of amides is 2. The number of anilines is 1. The molecule has 0 aliphatic heterocycles. The average molecular weight is 441 g/mol. The van der Waals surface area contributed by atoms with Crippen LogP contribution in [0.3, 0.4) is 0 Å². The zero-order valence-electron chi connectivity index (χ0n) is 15.2. The first kappa shape index (κ1) is 19.5. The molecule has 28 heavy (non-hydrogen) atoms. The molecule has 0 bridgehead atoms. The largest absolute Gasteiger partial charge is 0.351 e. The SMILES string of the molecule is Cc1ccc(/C=N/NC(=O)c2cc(Br)ccc2NC(=O)c2ccno2)cc1C. The van der Waals surface area contributed by atoms with Crippen molar-refractivity contribution >= 4 is 39.6 Å². The van der Waals surface area contributed by atoms with Gasteiger partial charge in [0.1, 0.15) is 0 Å². The summed E-state index contributed by atoms with van der Waals surface area (Å²) >= 11 is 3.33. The Kier molecular flexibility index (Phi) is 6.00. The third-order valence-electron chi connectivity index (χ3n) is 4.05. The average Bonchev–Trinajstić information content (AvgIpc) is 3.21. The van der Waals surface area contributed by atoms with Crippen molar-refractivity contribution < 1.29 is 14.1 Å². The van der Waals surface area contributed by atoms with Gasteiger partial charge in [0.25, 0.3) is 11.8 Å². The van der Waals surface area contributed by atoms with E-state index >= 15 is 0 Å². The molecule has 2 amide bonds. The van der Waals surface area contributed by atoms with Gasteiger partial charge in [0.15, 0.2) is 0 Å². The Labute approximate surface area is 169 Å². The first-order valence-corrected chi connectivity index (χ1v) is 9.15. The van der Waals surface area contributed by atoms with E-state index in [2.05, 4.69) is 36.9 Å². The van der Waals surface area contributed by atoms with Crippen LogP contribution < -0.4 is 10.7 Å². The van der Waals surface area contributed by atoms with Crippen LogP contribution in [-0.4, -0.2) is 23.2 Å². The second-order valence-electron chi connectivity index (χ2n) is 6.06. The van der Waals surface area contributed by atoms with Gasteiger partial charge in [0.05, 0.1) is 23.7 Å². The quantitative estimate of drug-likeness (QED) is 0.461. The van der Waals surface area contributed by atoms with Gasteiger partial charge in [-0.3, -0.25) is 9.59 Å². The van der Waals surface area contributed by atoms with Crippen molar-refractivity contribution in [2.45, 2.75) is 13.8 Å². The first-order valence-electron chi connectivity index (χ1n) is 8.36. The number of halogens is 1. The maximum atomic E-state index is 12.6.